The zero-order chi connectivity index (χ0) is 17.9. The fourth-order valence-corrected chi connectivity index (χ4v) is 3.22. The normalized spacial score (nSPS) is 15.3. The molecule has 1 fully saturated rings. The molecule has 26 heavy (non-hydrogen) atoms. The number of rotatable bonds is 4. The van der Waals surface area contributed by atoms with Gasteiger partial charge >= 0.3 is 0 Å². The number of nitrogens with one attached hydrogen (secondary N) is 1. The van der Waals surface area contributed by atoms with E-state index in [1.54, 1.807) is 17.0 Å². The summed E-state index contributed by atoms with van der Waals surface area (Å²) in [6, 6.07) is 9.01. The van der Waals surface area contributed by atoms with Crippen LogP contribution in [0.15, 0.2) is 47.2 Å². The Morgan fingerprint density at radius 3 is 2.77 bits per heavy atom. The van der Waals surface area contributed by atoms with Crippen molar-refractivity contribution in [2.24, 2.45) is 5.92 Å². The van der Waals surface area contributed by atoms with Gasteiger partial charge in [-0.25, -0.2) is 0 Å². The highest BCUT2D eigenvalue weighted by atomic mass is 16.3. The van der Waals surface area contributed by atoms with E-state index in [1.165, 1.54) is 6.26 Å². The number of aromatic nitrogens is 3. The van der Waals surface area contributed by atoms with Crippen LogP contribution >= 0.6 is 0 Å². The van der Waals surface area contributed by atoms with Crippen LogP contribution in [0.2, 0.25) is 0 Å². The topological polar surface area (TPSA) is 92.7 Å². The van der Waals surface area contributed by atoms with E-state index >= 15 is 0 Å². The lowest BCUT2D eigenvalue weighted by Crippen LogP contribution is -2.42. The molecule has 0 spiro atoms. The summed E-state index contributed by atoms with van der Waals surface area (Å²) < 4.78 is 7.00. The van der Waals surface area contributed by atoms with Crippen molar-refractivity contribution in [3.05, 3.63) is 54.4 Å². The SMILES string of the molecule is O=C(NCc1nnc2ccccn12)C1CCN(C(=O)c2ccco2)CC1. The lowest BCUT2D eigenvalue weighted by molar-refractivity contribution is -0.126. The van der Waals surface area contributed by atoms with Gasteiger partial charge in [-0.2, -0.15) is 0 Å². The molecule has 8 heteroatoms. The number of carbonyl (C=O) groups excluding carboxylic acids is 2. The third-order valence-electron chi connectivity index (χ3n) is 4.69. The predicted molar refractivity (Wildman–Crippen MR) is 92.2 cm³/mol. The van der Waals surface area contributed by atoms with Crippen molar-refractivity contribution in [1.29, 1.82) is 0 Å². The Morgan fingerprint density at radius 1 is 1.15 bits per heavy atom. The molecule has 0 bridgehead atoms. The van der Waals surface area contributed by atoms with E-state index in [9.17, 15) is 9.59 Å². The minimum atomic E-state index is -0.121. The van der Waals surface area contributed by atoms with Crippen LogP contribution in [0.4, 0.5) is 0 Å². The van der Waals surface area contributed by atoms with Gasteiger partial charge in [0.1, 0.15) is 0 Å². The number of hydrogen-bond donors (Lipinski definition) is 1. The monoisotopic (exact) mass is 353 g/mol. The Hall–Kier alpha value is -3.16. The molecular formula is C18H19N5O3. The van der Waals surface area contributed by atoms with Crippen LogP contribution in [0.3, 0.4) is 0 Å². The van der Waals surface area contributed by atoms with E-state index in [0.717, 1.165) is 5.65 Å². The summed E-state index contributed by atoms with van der Waals surface area (Å²) in [7, 11) is 0. The van der Waals surface area contributed by atoms with Gasteiger partial charge in [-0.05, 0) is 37.1 Å². The molecule has 0 aliphatic carbocycles. The molecule has 1 N–H and O–H groups in total. The van der Waals surface area contributed by atoms with E-state index in [2.05, 4.69) is 15.5 Å². The van der Waals surface area contributed by atoms with Crippen LogP contribution in [-0.4, -0.2) is 44.4 Å². The van der Waals surface area contributed by atoms with Gasteiger partial charge in [0, 0.05) is 25.2 Å². The Labute approximate surface area is 149 Å². The van der Waals surface area contributed by atoms with Gasteiger partial charge in [0.05, 0.1) is 12.8 Å². The summed E-state index contributed by atoms with van der Waals surface area (Å²) in [4.78, 5) is 26.4. The number of piperidine rings is 1. The van der Waals surface area contributed by atoms with Crippen LogP contribution in [0.25, 0.3) is 5.65 Å². The minimum absolute atomic E-state index is 0.0113. The third-order valence-corrected chi connectivity index (χ3v) is 4.69. The molecule has 3 aromatic heterocycles. The number of furan rings is 1. The highest BCUT2D eigenvalue weighted by Gasteiger charge is 2.28. The molecule has 3 aromatic rings. The smallest absolute Gasteiger partial charge is 0.289 e. The van der Waals surface area contributed by atoms with Crippen LogP contribution in [0.1, 0.15) is 29.2 Å². The molecule has 1 aliphatic heterocycles. The lowest BCUT2D eigenvalue weighted by atomic mass is 9.95. The standard InChI is InChI=1S/C18H19N5O3/c24-17(19-12-16-21-20-15-5-1-2-8-23(15)16)13-6-9-22(10-7-13)18(25)14-4-3-11-26-14/h1-5,8,11,13H,6-7,9-10,12H2,(H,19,24). The zero-order valence-corrected chi connectivity index (χ0v) is 14.2. The van der Waals surface area contributed by atoms with Gasteiger partial charge < -0.3 is 14.6 Å². The van der Waals surface area contributed by atoms with Crippen molar-refractivity contribution in [2.75, 3.05) is 13.1 Å². The largest absolute Gasteiger partial charge is 0.459 e. The number of hydrogen-bond acceptors (Lipinski definition) is 5. The first-order valence-electron chi connectivity index (χ1n) is 8.61. The van der Waals surface area contributed by atoms with Gasteiger partial charge in [0.25, 0.3) is 5.91 Å². The molecule has 134 valence electrons. The van der Waals surface area contributed by atoms with Crippen molar-refractivity contribution in [2.45, 2.75) is 19.4 Å². The molecule has 0 aromatic carbocycles. The number of pyridine rings is 1. The molecule has 1 aliphatic rings. The number of likely N-dealkylation sites (tertiary alicyclic amines) is 1. The number of nitrogens with zero attached hydrogens (tertiary/aromatic N) is 4. The maximum atomic E-state index is 12.4. The molecular weight excluding hydrogens is 334 g/mol. The molecule has 0 saturated carbocycles. The highest BCUT2D eigenvalue weighted by molar-refractivity contribution is 5.91. The summed E-state index contributed by atoms with van der Waals surface area (Å²) in [6.07, 6.45) is 4.63. The summed E-state index contributed by atoms with van der Waals surface area (Å²) in [6.45, 7) is 1.42. The fraction of sp³-hybridized carbons (Fsp3) is 0.333. The van der Waals surface area contributed by atoms with E-state index in [1.807, 2.05) is 28.8 Å². The average Bonchev–Trinajstić information content (AvgIpc) is 3.36. The van der Waals surface area contributed by atoms with Gasteiger partial charge in [0.2, 0.25) is 5.91 Å². The maximum absolute atomic E-state index is 12.4. The summed E-state index contributed by atoms with van der Waals surface area (Å²) in [5.74, 6) is 0.798. The van der Waals surface area contributed by atoms with Crippen molar-refractivity contribution >= 4 is 17.5 Å². The van der Waals surface area contributed by atoms with Crippen LogP contribution in [0, 0.1) is 5.92 Å². The lowest BCUT2D eigenvalue weighted by Gasteiger charge is -2.30. The van der Waals surface area contributed by atoms with E-state index in [4.69, 9.17) is 4.42 Å². The molecule has 2 amide bonds. The zero-order valence-electron chi connectivity index (χ0n) is 14.2. The second kappa shape index (κ2) is 6.99. The first-order valence-corrected chi connectivity index (χ1v) is 8.61. The van der Waals surface area contributed by atoms with Gasteiger partial charge in [-0.3, -0.25) is 14.0 Å². The molecule has 0 radical (unpaired) electrons. The van der Waals surface area contributed by atoms with E-state index < -0.39 is 0 Å². The molecule has 4 heterocycles. The van der Waals surface area contributed by atoms with E-state index in [-0.39, 0.29) is 17.7 Å². The maximum Gasteiger partial charge on any atom is 0.289 e. The van der Waals surface area contributed by atoms with Crippen molar-refractivity contribution in [3.8, 4) is 0 Å². The van der Waals surface area contributed by atoms with Crippen LogP contribution in [0.5, 0.6) is 0 Å². The number of fused-ring (bicyclic) bond motifs is 1. The second-order valence-electron chi connectivity index (χ2n) is 6.31. The molecule has 1 saturated heterocycles. The van der Waals surface area contributed by atoms with Gasteiger partial charge in [0.15, 0.2) is 17.2 Å². The Bertz CT molecular complexity index is 910. The Morgan fingerprint density at radius 2 is 2.00 bits per heavy atom. The third kappa shape index (κ3) is 3.17. The van der Waals surface area contributed by atoms with Crippen LogP contribution < -0.4 is 5.32 Å². The first-order chi connectivity index (χ1) is 12.7. The van der Waals surface area contributed by atoms with Crippen LogP contribution in [-0.2, 0) is 11.3 Å². The van der Waals surface area contributed by atoms with Crippen molar-refractivity contribution in [1.82, 2.24) is 24.8 Å². The van der Waals surface area contributed by atoms with Gasteiger partial charge in [-0.1, -0.05) is 6.07 Å². The van der Waals surface area contributed by atoms with E-state index in [0.29, 0.717) is 44.1 Å². The summed E-state index contributed by atoms with van der Waals surface area (Å²) in [5.41, 5.74) is 0.751. The average molecular weight is 353 g/mol. The number of amides is 2. The van der Waals surface area contributed by atoms with Gasteiger partial charge in [-0.15, -0.1) is 10.2 Å². The molecule has 8 nitrogen and oxygen atoms in total. The fourth-order valence-electron chi connectivity index (χ4n) is 3.22. The number of carbonyl (C=O) groups is 2. The minimum Gasteiger partial charge on any atom is -0.459 e. The Kier molecular flexibility index (Phi) is 4.39. The summed E-state index contributed by atoms with van der Waals surface area (Å²) >= 11 is 0. The second-order valence-corrected chi connectivity index (χ2v) is 6.31. The van der Waals surface area contributed by atoms with Crippen molar-refractivity contribution < 1.29 is 14.0 Å². The first kappa shape index (κ1) is 16.3. The quantitative estimate of drug-likeness (QED) is 0.767. The summed E-state index contributed by atoms with van der Waals surface area (Å²) in [5, 5.41) is 11.1. The highest BCUT2D eigenvalue weighted by Crippen LogP contribution is 2.19. The predicted octanol–water partition coefficient (Wildman–Crippen LogP) is 1.49. The van der Waals surface area contributed by atoms with Crippen molar-refractivity contribution in [3.63, 3.8) is 0 Å². The molecule has 0 atom stereocenters. The Balaban J connectivity index is 1.30. The molecule has 4 rings (SSSR count). The molecule has 0 unspecified atom stereocenters.